The zero-order valence-corrected chi connectivity index (χ0v) is 5.29. The van der Waals surface area contributed by atoms with Crippen molar-refractivity contribution in [1.29, 1.82) is 0 Å². The van der Waals surface area contributed by atoms with Crippen molar-refractivity contribution in [2.45, 2.75) is 0 Å². The predicted molar refractivity (Wildman–Crippen MR) is 36.5 cm³/mol. The molecule has 1 aliphatic rings. The molecule has 48 valence electrons. The van der Waals surface area contributed by atoms with E-state index in [0.29, 0.717) is 0 Å². The van der Waals surface area contributed by atoms with Gasteiger partial charge in [-0.25, -0.2) is 0 Å². The van der Waals surface area contributed by atoms with Crippen molar-refractivity contribution >= 4 is 0 Å². The van der Waals surface area contributed by atoms with Gasteiger partial charge in [-0.15, -0.1) is 0 Å². The molecule has 0 spiro atoms. The van der Waals surface area contributed by atoms with Crippen molar-refractivity contribution in [2.75, 3.05) is 7.11 Å². The van der Waals surface area contributed by atoms with E-state index in [4.69, 9.17) is 4.74 Å². The maximum atomic E-state index is 4.94. The lowest BCUT2D eigenvalue weighted by molar-refractivity contribution is 0.305. The van der Waals surface area contributed by atoms with Crippen LogP contribution in [0, 0.1) is 0 Å². The highest BCUT2D eigenvalue weighted by Crippen LogP contribution is 1.97. The topological polar surface area (TPSA) is 21.3 Å². The Labute approximate surface area is 54.5 Å². The third-order valence-corrected chi connectivity index (χ3v) is 1.03. The molecule has 0 saturated heterocycles. The highest BCUT2D eigenvalue weighted by molar-refractivity contribution is 5.20. The fourth-order valence-electron chi connectivity index (χ4n) is 0.567. The maximum Gasteiger partial charge on any atom is 0.134 e. The molecular formula is C7H9NO. The van der Waals surface area contributed by atoms with Crippen molar-refractivity contribution in [3.63, 3.8) is 0 Å². The minimum atomic E-state index is 0.833. The van der Waals surface area contributed by atoms with Crippen LogP contribution in [0.1, 0.15) is 0 Å². The van der Waals surface area contributed by atoms with Crippen LogP contribution < -0.4 is 5.32 Å². The molecule has 2 nitrogen and oxygen atoms in total. The highest BCUT2D eigenvalue weighted by atomic mass is 16.5. The van der Waals surface area contributed by atoms with Gasteiger partial charge in [-0.1, -0.05) is 6.08 Å². The molecule has 1 heterocycles. The van der Waals surface area contributed by atoms with Gasteiger partial charge < -0.3 is 10.1 Å². The van der Waals surface area contributed by atoms with Crippen molar-refractivity contribution in [1.82, 2.24) is 5.32 Å². The lowest BCUT2D eigenvalue weighted by Crippen LogP contribution is -1.93. The summed E-state index contributed by atoms with van der Waals surface area (Å²) in [5, 5.41) is 2.92. The third kappa shape index (κ3) is 1.64. The summed E-state index contributed by atoms with van der Waals surface area (Å²) in [6.07, 6.45) is 9.33. The molecule has 0 fully saturated rings. The molecule has 0 aliphatic carbocycles. The lowest BCUT2D eigenvalue weighted by Gasteiger charge is -1.96. The summed E-state index contributed by atoms with van der Waals surface area (Å²) in [7, 11) is 1.64. The van der Waals surface area contributed by atoms with Crippen LogP contribution in [0.25, 0.3) is 0 Å². The first-order valence-corrected chi connectivity index (χ1v) is 2.77. The second kappa shape index (κ2) is 2.97. The Bertz CT molecular complexity index is 168. The quantitative estimate of drug-likeness (QED) is 0.564. The summed E-state index contributed by atoms with van der Waals surface area (Å²) in [6, 6.07) is 0. The van der Waals surface area contributed by atoms with Gasteiger partial charge in [0.15, 0.2) is 0 Å². The van der Waals surface area contributed by atoms with E-state index in [1.807, 2.05) is 24.4 Å². The minimum absolute atomic E-state index is 0.833. The van der Waals surface area contributed by atoms with Crippen LogP contribution in [0.4, 0.5) is 0 Å². The van der Waals surface area contributed by atoms with Gasteiger partial charge in [-0.2, -0.15) is 0 Å². The first-order valence-electron chi connectivity index (χ1n) is 2.77. The van der Waals surface area contributed by atoms with E-state index < -0.39 is 0 Å². The van der Waals surface area contributed by atoms with E-state index in [9.17, 15) is 0 Å². The largest absolute Gasteiger partial charge is 0.495 e. The number of hydrogen-bond donors (Lipinski definition) is 1. The molecule has 0 aromatic carbocycles. The van der Waals surface area contributed by atoms with Crippen LogP contribution in [-0.4, -0.2) is 7.11 Å². The van der Waals surface area contributed by atoms with Crippen LogP contribution in [-0.2, 0) is 4.74 Å². The second-order valence-electron chi connectivity index (χ2n) is 1.64. The van der Waals surface area contributed by atoms with Crippen LogP contribution in [0.15, 0.2) is 36.4 Å². The fraction of sp³-hybridized carbons (Fsp3) is 0.143. The van der Waals surface area contributed by atoms with E-state index in [-0.39, 0.29) is 0 Å². The van der Waals surface area contributed by atoms with Gasteiger partial charge in [0.25, 0.3) is 0 Å². The van der Waals surface area contributed by atoms with Gasteiger partial charge in [0.05, 0.1) is 7.11 Å². The molecule has 0 amide bonds. The van der Waals surface area contributed by atoms with Crippen molar-refractivity contribution < 1.29 is 4.74 Å². The minimum Gasteiger partial charge on any atom is -0.495 e. The van der Waals surface area contributed by atoms with Gasteiger partial charge in [-0.05, 0) is 12.2 Å². The van der Waals surface area contributed by atoms with Crippen molar-refractivity contribution in [2.24, 2.45) is 0 Å². The van der Waals surface area contributed by atoms with Crippen LogP contribution in [0.2, 0.25) is 0 Å². The van der Waals surface area contributed by atoms with Gasteiger partial charge in [0.2, 0.25) is 0 Å². The molecule has 1 N–H and O–H groups in total. The van der Waals surface area contributed by atoms with Gasteiger partial charge >= 0.3 is 0 Å². The first kappa shape index (κ1) is 5.95. The molecule has 1 rings (SSSR count). The molecule has 0 bridgehead atoms. The molecule has 0 atom stereocenters. The number of allylic oxidation sites excluding steroid dienone is 3. The lowest BCUT2D eigenvalue weighted by atomic mass is 10.4. The van der Waals surface area contributed by atoms with Crippen LogP contribution in [0.3, 0.4) is 0 Å². The highest BCUT2D eigenvalue weighted by Gasteiger charge is 1.86. The Hall–Kier alpha value is -1.18. The molecular weight excluding hydrogens is 114 g/mol. The fourth-order valence-corrected chi connectivity index (χ4v) is 0.567. The Balaban J connectivity index is 2.63. The van der Waals surface area contributed by atoms with Crippen molar-refractivity contribution in [3.8, 4) is 0 Å². The number of methoxy groups -OCH3 is 1. The van der Waals surface area contributed by atoms with Crippen LogP contribution in [0.5, 0.6) is 0 Å². The Morgan fingerprint density at radius 3 is 3.11 bits per heavy atom. The summed E-state index contributed by atoms with van der Waals surface area (Å²) < 4.78 is 4.94. The van der Waals surface area contributed by atoms with E-state index >= 15 is 0 Å². The van der Waals surface area contributed by atoms with Gasteiger partial charge in [0, 0.05) is 12.4 Å². The number of hydrogen-bond acceptors (Lipinski definition) is 2. The van der Waals surface area contributed by atoms with E-state index in [1.165, 1.54) is 0 Å². The predicted octanol–water partition coefficient (Wildman–Crippen LogP) is 1.15. The molecule has 2 heteroatoms. The standard InChI is InChI=1S/C7H9NO/c1-9-7-4-2-3-5-8-6-7/h2-6,8H,1H3. The average molecular weight is 123 g/mol. The molecule has 0 unspecified atom stereocenters. The summed E-state index contributed by atoms with van der Waals surface area (Å²) in [4.78, 5) is 0. The molecule has 1 aliphatic heterocycles. The normalized spacial score (nSPS) is 15.9. The zero-order chi connectivity index (χ0) is 6.53. The Morgan fingerprint density at radius 1 is 1.44 bits per heavy atom. The monoisotopic (exact) mass is 123 g/mol. The van der Waals surface area contributed by atoms with Gasteiger partial charge in [0.1, 0.15) is 5.76 Å². The molecule has 0 aromatic heterocycles. The number of ether oxygens (including phenoxy) is 1. The molecule has 0 saturated carbocycles. The zero-order valence-electron chi connectivity index (χ0n) is 5.29. The average Bonchev–Trinajstić information content (AvgIpc) is 2.13. The van der Waals surface area contributed by atoms with E-state index in [2.05, 4.69) is 5.32 Å². The number of nitrogens with one attached hydrogen (secondary N) is 1. The Kier molecular flexibility index (Phi) is 1.96. The number of rotatable bonds is 1. The maximum absolute atomic E-state index is 4.94. The summed E-state index contributed by atoms with van der Waals surface area (Å²) in [6.45, 7) is 0. The molecule has 0 radical (unpaired) electrons. The summed E-state index contributed by atoms with van der Waals surface area (Å²) in [5.41, 5.74) is 0. The molecule has 9 heavy (non-hydrogen) atoms. The third-order valence-electron chi connectivity index (χ3n) is 1.03. The SMILES string of the molecule is COC1=CNC=CC=C1. The Morgan fingerprint density at radius 2 is 2.33 bits per heavy atom. The second-order valence-corrected chi connectivity index (χ2v) is 1.64. The van der Waals surface area contributed by atoms with Crippen LogP contribution >= 0.6 is 0 Å². The van der Waals surface area contributed by atoms with E-state index in [0.717, 1.165) is 5.76 Å². The molecule has 0 aromatic rings. The summed E-state index contributed by atoms with van der Waals surface area (Å²) in [5.74, 6) is 0.833. The van der Waals surface area contributed by atoms with Crippen molar-refractivity contribution in [3.05, 3.63) is 36.4 Å². The summed E-state index contributed by atoms with van der Waals surface area (Å²) >= 11 is 0. The van der Waals surface area contributed by atoms with E-state index in [1.54, 1.807) is 13.3 Å². The van der Waals surface area contributed by atoms with Gasteiger partial charge in [-0.3, -0.25) is 0 Å². The smallest absolute Gasteiger partial charge is 0.134 e. The first-order chi connectivity index (χ1) is 4.43.